The van der Waals surface area contributed by atoms with Crippen LogP contribution >= 0.6 is 11.6 Å². The molecule has 4 nitrogen and oxygen atoms in total. The van der Waals surface area contributed by atoms with Crippen molar-refractivity contribution in [3.05, 3.63) is 101 Å². The number of nitrogens with zero attached hydrogens (tertiary/aromatic N) is 3. The molecule has 5 heteroatoms. The fourth-order valence-electron chi connectivity index (χ4n) is 4.51. The number of hydrogen-bond donors (Lipinski definition) is 1. The molecule has 1 aliphatic carbocycles. The first-order valence-corrected chi connectivity index (χ1v) is 10.9. The summed E-state index contributed by atoms with van der Waals surface area (Å²) >= 11 is 6.33. The minimum absolute atomic E-state index is 0.358. The summed E-state index contributed by atoms with van der Waals surface area (Å²) in [6.45, 7) is 0.822. The monoisotopic (exact) mass is 424 g/mol. The van der Waals surface area contributed by atoms with E-state index in [1.807, 2.05) is 30.3 Å². The van der Waals surface area contributed by atoms with E-state index in [1.165, 1.54) is 11.4 Å². The summed E-state index contributed by atoms with van der Waals surface area (Å²) in [5, 5.41) is 4.27. The van der Waals surface area contributed by atoms with Gasteiger partial charge in [0, 0.05) is 12.2 Å². The van der Waals surface area contributed by atoms with Crippen molar-refractivity contribution in [1.82, 2.24) is 14.0 Å². The molecule has 2 heterocycles. The van der Waals surface area contributed by atoms with Gasteiger partial charge in [-0.3, -0.25) is 8.97 Å². The maximum Gasteiger partial charge on any atom is 0.220 e. The standard InChI is InChI=1S/C26H21ClN4/c27-20-10-4-5-11-21(20)28-17-18-14-15-24-25(16-18)30(19-8-2-1-3-9-19)26-29-22-12-6-7-13-23(22)31(24)26/h1-15,18,28H,16-17H2. The van der Waals surface area contributed by atoms with Crippen molar-refractivity contribution in [1.29, 1.82) is 0 Å². The van der Waals surface area contributed by atoms with E-state index in [4.69, 9.17) is 16.6 Å². The highest BCUT2D eigenvalue weighted by Crippen LogP contribution is 2.33. The van der Waals surface area contributed by atoms with E-state index in [-0.39, 0.29) is 0 Å². The minimum Gasteiger partial charge on any atom is -0.383 e. The van der Waals surface area contributed by atoms with E-state index in [9.17, 15) is 0 Å². The predicted octanol–water partition coefficient (Wildman–Crippen LogP) is 6.23. The molecule has 0 aliphatic heterocycles. The molecular formula is C26H21ClN4. The number of rotatable bonds is 4. The van der Waals surface area contributed by atoms with Gasteiger partial charge in [0.25, 0.3) is 0 Å². The minimum atomic E-state index is 0.358. The molecule has 1 atom stereocenters. The number of aromatic nitrogens is 3. The highest BCUT2D eigenvalue weighted by Gasteiger charge is 2.25. The van der Waals surface area contributed by atoms with Gasteiger partial charge in [-0.05, 0) is 54.8 Å². The average Bonchev–Trinajstić information content (AvgIpc) is 3.33. The Labute approximate surface area is 185 Å². The zero-order valence-electron chi connectivity index (χ0n) is 16.9. The van der Waals surface area contributed by atoms with Gasteiger partial charge in [-0.2, -0.15) is 0 Å². The van der Waals surface area contributed by atoms with Crippen LogP contribution in [0.4, 0.5) is 5.69 Å². The first-order chi connectivity index (χ1) is 15.3. The normalized spacial score (nSPS) is 15.5. The number of anilines is 1. The molecule has 0 saturated heterocycles. The summed E-state index contributed by atoms with van der Waals surface area (Å²) in [6.07, 6.45) is 5.48. The fourth-order valence-corrected chi connectivity index (χ4v) is 4.71. The molecule has 152 valence electrons. The van der Waals surface area contributed by atoms with Crippen LogP contribution in [0.1, 0.15) is 11.4 Å². The Hall–Kier alpha value is -3.50. The number of imidazole rings is 2. The number of benzene rings is 3. The summed E-state index contributed by atoms with van der Waals surface area (Å²) < 4.78 is 4.59. The molecule has 2 aromatic heterocycles. The van der Waals surface area contributed by atoms with Crippen molar-refractivity contribution in [2.24, 2.45) is 5.92 Å². The van der Waals surface area contributed by atoms with Gasteiger partial charge in [0.1, 0.15) is 0 Å². The van der Waals surface area contributed by atoms with E-state index < -0.39 is 0 Å². The van der Waals surface area contributed by atoms with Crippen LogP contribution in [0.3, 0.4) is 0 Å². The number of nitrogens with one attached hydrogen (secondary N) is 1. The zero-order chi connectivity index (χ0) is 20.8. The van der Waals surface area contributed by atoms with Crippen LogP contribution in [0.15, 0.2) is 84.9 Å². The molecule has 0 fully saturated rings. The predicted molar refractivity (Wildman–Crippen MR) is 128 cm³/mol. The van der Waals surface area contributed by atoms with Crippen LogP contribution in [-0.4, -0.2) is 20.5 Å². The molecule has 6 rings (SSSR count). The molecule has 1 aliphatic rings. The van der Waals surface area contributed by atoms with Gasteiger partial charge in [0.15, 0.2) is 0 Å². The van der Waals surface area contributed by atoms with Gasteiger partial charge in [0.05, 0.1) is 33.1 Å². The van der Waals surface area contributed by atoms with Crippen LogP contribution in [-0.2, 0) is 6.42 Å². The third kappa shape index (κ3) is 3.03. The maximum atomic E-state index is 6.33. The largest absolute Gasteiger partial charge is 0.383 e. The van der Waals surface area contributed by atoms with Gasteiger partial charge in [-0.15, -0.1) is 0 Å². The van der Waals surface area contributed by atoms with Crippen molar-refractivity contribution < 1.29 is 0 Å². The summed E-state index contributed by atoms with van der Waals surface area (Å²) in [6, 6.07) is 26.7. The number of halogens is 1. The fraction of sp³-hybridized carbons (Fsp3) is 0.115. The van der Waals surface area contributed by atoms with Gasteiger partial charge < -0.3 is 5.32 Å². The number of para-hydroxylation sites is 4. The summed E-state index contributed by atoms with van der Waals surface area (Å²) in [5.41, 5.74) is 6.76. The van der Waals surface area contributed by atoms with Crippen molar-refractivity contribution in [2.75, 3.05) is 11.9 Å². The third-order valence-corrected chi connectivity index (χ3v) is 6.30. The van der Waals surface area contributed by atoms with Crippen LogP contribution in [0.2, 0.25) is 5.02 Å². The first-order valence-electron chi connectivity index (χ1n) is 10.5. The summed E-state index contributed by atoms with van der Waals surface area (Å²) in [4.78, 5) is 4.99. The SMILES string of the molecule is Clc1ccccc1NCC1C=Cc2c(n(-c3ccccc3)c3nc4ccccc4n23)C1. The van der Waals surface area contributed by atoms with Crippen molar-refractivity contribution in [3.8, 4) is 5.69 Å². The molecule has 1 unspecified atom stereocenters. The molecule has 0 amide bonds. The Morgan fingerprint density at radius 2 is 1.71 bits per heavy atom. The molecule has 31 heavy (non-hydrogen) atoms. The lowest BCUT2D eigenvalue weighted by Gasteiger charge is -2.20. The quantitative estimate of drug-likeness (QED) is 0.371. The Balaban J connectivity index is 1.44. The summed E-state index contributed by atoms with van der Waals surface area (Å²) in [5.74, 6) is 1.32. The van der Waals surface area contributed by atoms with Crippen LogP contribution in [0.5, 0.6) is 0 Å². The second kappa shape index (κ2) is 7.33. The second-order valence-electron chi connectivity index (χ2n) is 7.92. The van der Waals surface area contributed by atoms with E-state index in [2.05, 4.69) is 75.0 Å². The van der Waals surface area contributed by atoms with Gasteiger partial charge in [-0.1, -0.05) is 60.1 Å². The summed E-state index contributed by atoms with van der Waals surface area (Å²) in [7, 11) is 0. The molecule has 3 aromatic carbocycles. The topological polar surface area (TPSA) is 34.3 Å². The van der Waals surface area contributed by atoms with Gasteiger partial charge >= 0.3 is 0 Å². The molecule has 0 radical (unpaired) electrons. The Kier molecular flexibility index (Phi) is 4.32. The lowest BCUT2D eigenvalue weighted by atomic mass is 9.95. The van der Waals surface area contributed by atoms with Crippen LogP contribution < -0.4 is 5.32 Å². The smallest absolute Gasteiger partial charge is 0.220 e. The van der Waals surface area contributed by atoms with Crippen molar-refractivity contribution in [3.63, 3.8) is 0 Å². The highest BCUT2D eigenvalue weighted by molar-refractivity contribution is 6.33. The maximum absolute atomic E-state index is 6.33. The van der Waals surface area contributed by atoms with Crippen LogP contribution in [0.25, 0.3) is 28.6 Å². The second-order valence-corrected chi connectivity index (χ2v) is 8.33. The van der Waals surface area contributed by atoms with E-state index >= 15 is 0 Å². The van der Waals surface area contributed by atoms with Gasteiger partial charge in [0.2, 0.25) is 5.78 Å². The zero-order valence-corrected chi connectivity index (χ0v) is 17.6. The van der Waals surface area contributed by atoms with Crippen molar-refractivity contribution in [2.45, 2.75) is 6.42 Å². The van der Waals surface area contributed by atoms with E-state index in [0.29, 0.717) is 5.92 Å². The highest BCUT2D eigenvalue weighted by atomic mass is 35.5. The Morgan fingerprint density at radius 3 is 2.58 bits per heavy atom. The van der Waals surface area contributed by atoms with Gasteiger partial charge in [-0.25, -0.2) is 4.98 Å². The molecule has 0 spiro atoms. The van der Waals surface area contributed by atoms with E-state index in [0.717, 1.165) is 46.2 Å². The lowest BCUT2D eigenvalue weighted by Crippen LogP contribution is -2.19. The lowest BCUT2D eigenvalue weighted by molar-refractivity contribution is 0.654. The molecule has 0 saturated carbocycles. The Bertz CT molecular complexity index is 1430. The first kappa shape index (κ1) is 18.3. The molecular weight excluding hydrogens is 404 g/mol. The molecule has 1 N–H and O–H groups in total. The molecule has 0 bridgehead atoms. The van der Waals surface area contributed by atoms with Crippen molar-refractivity contribution >= 4 is 40.2 Å². The average molecular weight is 425 g/mol. The Morgan fingerprint density at radius 1 is 0.935 bits per heavy atom. The number of fused-ring (bicyclic) bond motifs is 5. The van der Waals surface area contributed by atoms with E-state index in [1.54, 1.807) is 0 Å². The number of hydrogen-bond acceptors (Lipinski definition) is 2. The van der Waals surface area contributed by atoms with Crippen LogP contribution in [0, 0.1) is 5.92 Å². The molecule has 5 aromatic rings. The third-order valence-electron chi connectivity index (χ3n) is 5.97.